The molecule has 2 fully saturated rings. The zero-order chi connectivity index (χ0) is 26.1. The molecule has 0 aliphatic carbocycles. The van der Waals surface area contributed by atoms with Gasteiger partial charge in [0, 0.05) is 42.5 Å². The van der Waals surface area contributed by atoms with Crippen LogP contribution >= 0.6 is 34.0 Å². The Morgan fingerprint density at radius 3 is 2.58 bits per heavy atom. The molecule has 0 radical (unpaired) electrons. The van der Waals surface area contributed by atoms with Crippen LogP contribution in [0.25, 0.3) is 10.4 Å². The summed E-state index contributed by atoms with van der Waals surface area (Å²) < 4.78 is 0. The first-order chi connectivity index (χ1) is 18.5. The molecule has 2 aliphatic heterocycles. The Bertz CT molecular complexity index is 1450. The smallest absolute Gasteiger partial charge is 0.284 e. The molecular weight excluding hydrogens is 541 g/mol. The van der Waals surface area contributed by atoms with Crippen LogP contribution in [0.3, 0.4) is 0 Å². The molecule has 3 amide bonds. The maximum atomic E-state index is 12.9. The van der Waals surface area contributed by atoms with Crippen LogP contribution in [0.1, 0.15) is 43.2 Å². The van der Waals surface area contributed by atoms with Gasteiger partial charge in [-0.2, -0.15) is 0 Å². The third-order valence-corrected chi connectivity index (χ3v) is 9.50. The largest absolute Gasteiger partial charge is 0.336 e. The van der Waals surface area contributed by atoms with E-state index in [1.165, 1.54) is 22.7 Å². The average molecular weight is 565 g/mol. The SMILES string of the molecule is O=C(Nc1ccc(-c2cnc(C3CN(C(=O)c4ccc(NC(=O)[C@@H]5CCCN5)s4)C3)s2)cc1)c1nccs1. The molecule has 4 aromatic rings. The van der Waals surface area contributed by atoms with E-state index >= 15 is 0 Å². The third-order valence-electron chi connectivity index (χ3n) is 6.54. The number of anilines is 2. The second-order valence-corrected chi connectivity index (χ2v) is 12.2. The van der Waals surface area contributed by atoms with Gasteiger partial charge in [0.2, 0.25) is 5.91 Å². The van der Waals surface area contributed by atoms with E-state index in [0.29, 0.717) is 33.7 Å². The molecule has 0 bridgehead atoms. The Balaban J connectivity index is 1.02. The van der Waals surface area contributed by atoms with E-state index in [1.807, 2.05) is 35.4 Å². The molecular formula is C26H24N6O3S3. The second kappa shape index (κ2) is 10.7. The molecule has 1 atom stereocenters. The van der Waals surface area contributed by atoms with Gasteiger partial charge in [-0.05, 0) is 49.2 Å². The fourth-order valence-corrected chi connectivity index (χ4v) is 6.85. The van der Waals surface area contributed by atoms with Crippen molar-refractivity contribution in [3.63, 3.8) is 0 Å². The van der Waals surface area contributed by atoms with Gasteiger partial charge in [0.1, 0.15) is 0 Å². The van der Waals surface area contributed by atoms with Gasteiger partial charge in [0.25, 0.3) is 11.8 Å². The normalized spacial score (nSPS) is 17.3. The molecule has 0 spiro atoms. The van der Waals surface area contributed by atoms with Crippen molar-refractivity contribution in [2.45, 2.75) is 24.8 Å². The van der Waals surface area contributed by atoms with Crippen molar-refractivity contribution in [1.29, 1.82) is 0 Å². The van der Waals surface area contributed by atoms with Gasteiger partial charge in [-0.25, -0.2) is 9.97 Å². The number of rotatable bonds is 7. The predicted octanol–water partition coefficient (Wildman–Crippen LogP) is 4.51. The second-order valence-electron chi connectivity index (χ2n) is 9.14. The van der Waals surface area contributed by atoms with Crippen molar-refractivity contribution in [3.05, 3.63) is 69.1 Å². The Labute approximate surface area is 230 Å². The number of thiazole rings is 2. The highest BCUT2D eigenvalue weighted by Crippen LogP contribution is 2.36. The topological polar surface area (TPSA) is 116 Å². The van der Waals surface area contributed by atoms with E-state index < -0.39 is 0 Å². The first-order valence-corrected chi connectivity index (χ1v) is 14.7. The molecule has 3 aromatic heterocycles. The number of amides is 3. The van der Waals surface area contributed by atoms with E-state index in [2.05, 4.69) is 25.9 Å². The molecule has 2 aliphatic rings. The van der Waals surface area contributed by atoms with Gasteiger partial charge < -0.3 is 20.9 Å². The molecule has 0 unspecified atom stereocenters. The molecule has 3 N–H and O–H groups in total. The number of hydrogen-bond acceptors (Lipinski definition) is 9. The molecule has 38 heavy (non-hydrogen) atoms. The summed E-state index contributed by atoms with van der Waals surface area (Å²) in [4.78, 5) is 49.6. The van der Waals surface area contributed by atoms with E-state index in [1.54, 1.807) is 35.0 Å². The van der Waals surface area contributed by atoms with E-state index in [9.17, 15) is 14.4 Å². The summed E-state index contributed by atoms with van der Waals surface area (Å²) in [5.41, 5.74) is 1.73. The summed E-state index contributed by atoms with van der Waals surface area (Å²) in [6, 6.07) is 11.1. The number of aromatic nitrogens is 2. The van der Waals surface area contributed by atoms with Crippen molar-refractivity contribution in [1.82, 2.24) is 20.2 Å². The van der Waals surface area contributed by atoms with E-state index in [0.717, 1.165) is 34.8 Å². The Morgan fingerprint density at radius 1 is 1.00 bits per heavy atom. The number of benzene rings is 1. The van der Waals surface area contributed by atoms with Crippen molar-refractivity contribution in [2.75, 3.05) is 30.3 Å². The summed E-state index contributed by atoms with van der Waals surface area (Å²) in [6.07, 6.45) is 5.31. The molecule has 194 valence electrons. The summed E-state index contributed by atoms with van der Waals surface area (Å²) >= 11 is 4.24. The van der Waals surface area contributed by atoms with E-state index in [4.69, 9.17) is 0 Å². The van der Waals surface area contributed by atoms with Crippen LogP contribution in [0.4, 0.5) is 10.7 Å². The highest BCUT2D eigenvalue weighted by molar-refractivity contribution is 7.18. The zero-order valence-corrected chi connectivity index (χ0v) is 22.6. The van der Waals surface area contributed by atoms with Crippen LogP contribution in [0.15, 0.2) is 54.2 Å². The Hall–Kier alpha value is -3.45. The van der Waals surface area contributed by atoms with Gasteiger partial charge in [0.05, 0.1) is 25.8 Å². The first-order valence-electron chi connectivity index (χ1n) is 12.2. The highest BCUT2D eigenvalue weighted by atomic mass is 32.1. The highest BCUT2D eigenvalue weighted by Gasteiger charge is 2.35. The third kappa shape index (κ3) is 5.25. The maximum absolute atomic E-state index is 12.9. The number of nitrogens with zero attached hydrogens (tertiary/aromatic N) is 3. The number of carbonyl (C=O) groups excluding carboxylic acids is 3. The van der Waals surface area contributed by atoms with Gasteiger partial charge in [-0.15, -0.1) is 34.0 Å². The number of hydrogen-bond donors (Lipinski definition) is 3. The molecule has 0 saturated carbocycles. The molecule has 1 aromatic carbocycles. The lowest BCUT2D eigenvalue weighted by atomic mass is 10.0. The number of carbonyl (C=O) groups is 3. The molecule has 6 rings (SSSR count). The van der Waals surface area contributed by atoms with Gasteiger partial charge in [0.15, 0.2) is 5.01 Å². The average Bonchev–Trinajstić information content (AvgIpc) is 3.71. The first kappa shape index (κ1) is 24.9. The van der Waals surface area contributed by atoms with Crippen molar-refractivity contribution >= 4 is 62.4 Å². The lowest BCUT2D eigenvalue weighted by molar-refractivity contribution is -0.117. The summed E-state index contributed by atoms with van der Waals surface area (Å²) in [5.74, 6) is -0.0659. The van der Waals surface area contributed by atoms with Crippen molar-refractivity contribution < 1.29 is 14.4 Å². The Kier molecular flexibility index (Phi) is 7.02. The Morgan fingerprint density at radius 2 is 1.84 bits per heavy atom. The fourth-order valence-electron chi connectivity index (χ4n) is 4.44. The lowest BCUT2D eigenvalue weighted by Crippen LogP contribution is -2.48. The van der Waals surface area contributed by atoms with Gasteiger partial charge in [-0.1, -0.05) is 12.1 Å². The van der Waals surface area contributed by atoms with Crippen LogP contribution in [-0.4, -0.2) is 58.3 Å². The van der Waals surface area contributed by atoms with Gasteiger partial charge >= 0.3 is 0 Å². The lowest BCUT2D eigenvalue weighted by Gasteiger charge is -2.37. The summed E-state index contributed by atoms with van der Waals surface area (Å²) in [7, 11) is 0. The van der Waals surface area contributed by atoms with Crippen LogP contribution < -0.4 is 16.0 Å². The fraction of sp³-hybridized carbons (Fsp3) is 0.269. The number of nitrogens with one attached hydrogen (secondary N) is 3. The quantitative estimate of drug-likeness (QED) is 0.304. The van der Waals surface area contributed by atoms with Crippen LogP contribution in [0, 0.1) is 0 Å². The van der Waals surface area contributed by atoms with Crippen molar-refractivity contribution in [2.24, 2.45) is 0 Å². The van der Waals surface area contributed by atoms with Gasteiger partial charge in [-0.3, -0.25) is 14.4 Å². The molecule has 9 nitrogen and oxygen atoms in total. The maximum Gasteiger partial charge on any atom is 0.284 e. The van der Waals surface area contributed by atoms with E-state index in [-0.39, 0.29) is 29.7 Å². The zero-order valence-electron chi connectivity index (χ0n) is 20.2. The monoisotopic (exact) mass is 564 g/mol. The van der Waals surface area contributed by atoms with Crippen LogP contribution in [0.5, 0.6) is 0 Å². The van der Waals surface area contributed by atoms with Crippen LogP contribution in [0.2, 0.25) is 0 Å². The molecule has 12 heteroatoms. The minimum Gasteiger partial charge on any atom is -0.336 e. The predicted molar refractivity (Wildman–Crippen MR) is 150 cm³/mol. The number of likely N-dealkylation sites (tertiary alicyclic amines) is 1. The minimum absolute atomic E-state index is 0.0158. The summed E-state index contributed by atoms with van der Waals surface area (Å²) in [5, 5.41) is 12.9. The van der Waals surface area contributed by atoms with Crippen molar-refractivity contribution in [3.8, 4) is 10.4 Å². The number of thiophene rings is 1. The molecule has 2 saturated heterocycles. The molecule has 5 heterocycles. The summed E-state index contributed by atoms with van der Waals surface area (Å²) in [6.45, 7) is 2.11. The standard InChI is InChI=1S/C26H24N6O3S3/c33-22(18-2-1-9-27-18)31-21-8-7-19(37-21)26(35)32-13-16(14-32)24-29-12-20(38-24)15-3-5-17(6-4-15)30-23(34)25-28-10-11-36-25/h3-8,10-12,16,18,27H,1-2,9,13-14H2,(H,30,34)(H,31,33)/t18-/m0/s1. The minimum atomic E-state index is -0.221. The van der Waals surface area contributed by atoms with Crippen LogP contribution in [-0.2, 0) is 4.79 Å².